The number of carbonyl (C=O) groups is 1. The van der Waals surface area contributed by atoms with E-state index in [1.54, 1.807) is 6.07 Å². The van der Waals surface area contributed by atoms with Gasteiger partial charge in [0.05, 0.1) is 5.56 Å². The zero-order valence-electron chi connectivity index (χ0n) is 10.5. The SMILES string of the molecule is CC1CCCN(Cc2ccc(C(=O)O)cc2Cl)C1. The summed E-state index contributed by atoms with van der Waals surface area (Å²) < 4.78 is 0. The number of benzene rings is 1. The first kappa shape index (κ1) is 13.4. The Morgan fingerprint density at radius 2 is 2.33 bits per heavy atom. The number of hydrogen-bond acceptors (Lipinski definition) is 2. The van der Waals surface area contributed by atoms with E-state index in [-0.39, 0.29) is 5.56 Å². The summed E-state index contributed by atoms with van der Waals surface area (Å²) in [6, 6.07) is 4.98. The Labute approximate surface area is 112 Å². The van der Waals surface area contributed by atoms with E-state index < -0.39 is 5.97 Å². The predicted molar refractivity (Wildman–Crippen MR) is 72.1 cm³/mol. The van der Waals surface area contributed by atoms with E-state index in [1.165, 1.54) is 18.9 Å². The van der Waals surface area contributed by atoms with Crippen LogP contribution in [0.25, 0.3) is 0 Å². The van der Waals surface area contributed by atoms with Crippen LogP contribution in [-0.2, 0) is 6.54 Å². The van der Waals surface area contributed by atoms with Crippen LogP contribution < -0.4 is 0 Å². The van der Waals surface area contributed by atoms with E-state index in [2.05, 4.69) is 11.8 Å². The highest BCUT2D eigenvalue weighted by atomic mass is 35.5. The summed E-state index contributed by atoms with van der Waals surface area (Å²) in [5.74, 6) is -0.203. The fourth-order valence-electron chi connectivity index (χ4n) is 2.48. The molecule has 1 atom stereocenters. The number of carboxylic acid groups (broad SMARTS) is 1. The molecule has 1 fully saturated rings. The molecule has 0 amide bonds. The van der Waals surface area contributed by atoms with Crippen LogP contribution in [0.15, 0.2) is 18.2 Å². The average Bonchev–Trinajstić information content (AvgIpc) is 2.31. The minimum Gasteiger partial charge on any atom is -0.478 e. The molecule has 3 nitrogen and oxygen atoms in total. The quantitative estimate of drug-likeness (QED) is 0.914. The van der Waals surface area contributed by atoms with E-state index in [1.807, 2.05) is 6.07 Å². The summed E-state index contributed by atoms with van der Waals surface area (Å²) in [7, 11) is 0. The molecular weight excluding hydrogens is 250 g/mol. The van der Waals surface area contributed by atoms with Crippen LogP contribution in [0.2, 0.25) is 5.02 Å². The number of hydrogen-bond donors (Lipinski definition) is 1. The summed E-state index contributed by atoms with van der Waals surface area (Å²) in [4.78, 5) is 13.2. The van der Waals surface area contributed by atoms with Crippen LogP contribution in [-0.4, -0.2) is 29.1 Å². The average molecular weight is 268 g/mol. The van der Waals surface area contributed by atoms with Crippen LogP contribution in [0, 0.1) is 5.92 Å². The molecule has 1 aromatic carbocycles. The van der Waals surface area contributed by atoms with Gasteiger partial charge in [-0.15, -0.1) is 0 Å². The van der Waals surface area contributed by atoms with Gasteiger partial charge >= 0.3 is 5.97 Å². The number of piperidine rings is 1. The van der Waals surface area contributed by atoms with Gasteiger partial charge in [-0.25, -0.2) is 4.79 Å². The molecule has 0 aromatic heterocycles. The van der Waals surface area contributed by atoms with Crippen molar-refractivity contribution in [2.24, 2.45) is 5.92 Å². The smallest absolute Gasteiger partial charge is 0.335 e. The van der Waals surface area contributed by atoms with Crippen molar-refractivity contribution in [1.82, 2.24) is 4.90 Å². The second-order valence-electron chi connectivity index (χ2n) is 5.09. The minimum atomic E-state index is -0.935. The zero-order valence-corrected chi connectivity index (χ0v) is 11.3. The molecule has 0 spiro atoms. The van der Waals surface area contributed by atoms with Gasteiger partial charge in [0.25, 0.3) is 0 Å². The van der Waals surface area contributed by atoms with Crippen LogP contribution in [0.3, 0.4) is 0 Å². The molecule has 1 saturated heterocycles. The molecule has 2 rings (SSSR count). The molecule has 18 heavy (non-hydrogen) atoms. The first-order chi connectivity index (χ1) is 8.56. The molecule has 1 N–H and O–H groups in total. The van der Waals surface area contributed by atoms with E-state index in [0.717, 1.165) is 31.1 Å². The highest BCUT2D eigenvalue weighted by Gasteiger charge is 2.17. The highest BCUT2D eigenvalue weighted by molar-refractivity contribution is 6.31. The summed E-state index contributed by atoms with van der Waals surface area (Å²) >= 11 is 6.14. The summed E-state index contributed by atoms with van der Waals surface area (Å²) in [6.45, 7) is 5.27. The molecule has 0 bridgehead atoms. The number of nitrogens with zero attached hydrogens (tertiary/aromatic N) is 1. The second kappa shape index (κ2) is 5.72. The minimum absolute atomic E-state index is 0.246. The maximum Gasteiger partial charge on any atom is 0.335 e. The number of aromatic carboxylic acids is 1. The van der Waals surface area contributed by atoms with E-state index in [4.69, 9.17) is 16.7 Å². The third-order valence-electron chi connectivity index (χ3n) is 3.44. The van der Waals surface area contributed by atoms with Crippen molar-refractivity contribution < 1.29 is 9.90 Å². The van der Waals surface area contributed by atoms with Gasteiger partial charge in [0.2, 0.25) is 0 Å². The normalized spacial score (nSPS) is 20.9. The maximum atomic E-state index is 10.8. The standard InChI is InChI=1S/C14H18ClNO2/c1-10-3-2-6-16(8-10)9-12-5-4-11(14(17)18)7-13(12)15/h4-5,7,10H,2-3,6,8-9H2,1H3,(H,17,18). The van der Waals surface area contributed by atoms with E-state index in [9.17, 15) is 4.79 Å². The van der Waals surface area contributed by atoms with E-state index >= 15 is 0 Å². The molecule has 0 radical (unpaired) electrons. The van der Waals surface area contributed by atoms with Crippen LogP contribution >= 0.6 is 11.6 Å². The van der Waals surface area contributed by atoms with Crippen LogP contribution in [0.1, 0.15) is 35.7 Å². The largest absolute Gasteiger partial charge is 0.478 e. The molecular formula is C14H18ClNO2. The Morgan fingerprint density at radius 1 is 1.56 bits per heavy atom. The third kappa shape index (κ3) is 3.24. The van der Waals surface area contributed by atoms with Gasteiger partial charge in [-0.05, 0) is 43.0 Å². The lowest BCUT2D eigenvalue weighted by atomic mass is 9.99. The number of likely N-dealkylation sites (tertiary alicyclic amines) is 1. The van der Waals surface area contributed by atoms with Crippen molar-refractivity contribution in [2.75, 3.05) is 13.1 Å². The van der Waals surface area contributed by atoms with Crippen molar-refractivity contribution in [2.45, 2.75) is 26.3 Å². The van der Waals surface area contributed by atoms with Crippen molar-refractivity contribution in [3.63, 3.8) is 0 Å². The molecule has 0 saturated carbocycles. The molecule has 1 aromatic rings. The first-order valence-electron chi connectivity index (χ1n) is 6.30. The van der Waals surface area contributed by atoms with Crippen LogP contribution in [0.4, 0.5) is 0 Å². The Kier molecular flexibility index (Phi) is 4.25. The highest BCUT2D eigenvalue weighted by Crippen LogP contribution is 2.23. The predicted octanol–water partition coefficient (Wildman–Crippen LogP) is 3.27. The second-order valence-corrected chi connectivity index (χ2v) is 5.50. The van der Waals surface area contributed by atoms with Gasteiger partial charge in [-0.2, -0.15) is 0 Å². The summed E-state index contributed by atoms with van der Waals surface area (Å²) in [5, 5.41) is 9.44. The van der Waals surface area contributed by atoms with E-state index in [0.29, 0.717) is 5.02 Å². The first-order valence-corrected chi connectivity index (χ1v) is 6.68. The monoisotopic (exact) mass is 267 g/mol. The van der Waals surface area contributed by atoms with Gasteiger partial charge in [0.15, 0.2) is 0 Å². The van der Waals surface area contributed by atoms with Crippen molar-refractivity contribution >= 4 is 17.6 Å². The number of rotatable bonds is 3. The molecule has 98 valence electrons. The van der Waals surface area contributed by atoms with Gasteiger partial charge in [-0.1, -0.05) is 24.6 Å². The maximum absolute atomic E-state index is 10.8. The lowest BCUT2D eigenvalue weighted by molar-refractivity contribution is 0.0697. The van der Waals surface area contributed by atoms with Crippen LogP contribution in [0.5, 0.6) is 0 Å². The molecule has 0 aliphatic carbocycles. The molecule has 1 aliphatic rings. The van der Waals surface area contributed by atoms with Gasteiger partial charge < -0.3 is 5.11 Å². The fraction of sp³-hybridized carbons (Fsp3) is 0.500. The zero-order chi connectivity index (χ0) is 13.1. The summed E-state index contributed by atoms with van der Waals surface area (Å²) in [5.41, 5.74) is 1.26. The topological polar surface area (TPSA) is 40.5 Å². The Bertz CT molecular complexity index is 447. The van der Waals surface area contributed by atoms with Crippen molar-refractivity contribution in [1.29, 1.82) is 0 Å². The lowest BCUT2D eigenvalue weighted by Crippen LogP contribution is -2.33. The summed E-state index contributed by atoms with van der Waals surface area (Å²) in [6.07, 6.45) is 2.52. The third-order valence-corrected chi connectivity index (χ3v) is 3.79. The molecule has 4 heteroatoms. The Morgan fingerprint density at radius 3 is 2.94 bits per heavy atom. The Hall–Kier alpha value is -1.06. The molecule has 1 unspecified atom stereocenters. The lowest BCUT2D eigenvalue weighted by Gasteiger charge is -2.31. The Balaban J connectivity index is 2.07. The number of carboxylic acids is 1. The molecule has 1 aliphatic heterocycles. The van der Waals surface area contributed by atoms with Crippen molar-refractivity contribution in [3.8, 4) is 0 Å². The number of halogens is 1. The van der Waals surface area contributed by atoms with Gasteiger partial charge in [0.1, 0.15) is 0 Å². The van der Waals surface area contributed by atoms with Gasteiger partial charge in [-0.3, -0.25) is 4.90 Å². The van der Waals surface area contributed by atoms with Crippen molar-refractivity contribution in [3.05, 3.63) is 34.3 Å². The molecule has 1 heterocycles. The fourth-order valence-corrected chi connectivity index (χ4v) is 2.72. The van der Waals surface area contributed by atoms with Gasteiger partial charge in [0, 0.05) is 18.1 Å².